The van der Waals surface area contributed by atoms with Gasteiger partial charge in [0.25, 0.3) is 5.91 Å². The normalized spacial score (nSPS) is 13.7. The minimum atomic E-state index is -0.354. The van der Waals surface area contributed by atoms with E-state index < -0.39 is 0 Å². The molecule has 3 aromatic rings. The fraction of sp³-hybridized carbons (Fsp3) is 0.241. The van der Waals surface area contributed by atoms with Crippen molar-refractivity contribution in [2.75, 3.05) is 37.7 Å². The maximum absolute atomic E-state index is 13.5. The van der Waals surface area contributed by atoms with Gasteiger partial charge in [0.2, 0.25) is 0 Å². The Hall–Kier alpha value is -4.02. The van der Waals surface area contributed by atoms with Crippen molar-refractivity contribution in [3.8, 4) is 17.6 Å². The van der Waals surface area contributed by atoms with Gasteiger partial charge in [-0.05, 0) is 60.5 Å². The quantitative estimate of drug-likeness (QED) is 0.281. The van der Waals surface area contributed by atoms with Crippen LogP contribution in [0.25, 0.3) is 6.08 Å². The first-order valence-electron chi connectivity index (χ1n) is 12.0. The Labute approximate surface area is 221 Å². The molecule has 0 radical (unpaired) electrons. The Morgan fingerprint density at radius 1 is 1.05 bits per heavy atom. The molecule has 0 spiro atoms. The van der Waals surface area contributed by atoms with Crippen LogP contribution >= 0.6 is 11.6 Å². The van der Waals surface area contributed by atoms with Crippen molar-refractivity contribution in [3.63, 3.8) is 0 Å². The van der Waals surface area contributed by atoms with Gasteiger partial charge < -0.3 is 19.3 Å². The zero-order valence-electron chi connectivity index (χ0n) is 20.5. The number of nitrogens with zero attached hydrogens (tertiary/aromatic N) is 3. The molecule has 1 aliphatic heterocycles. The summed E-state index contributed by atoms with van der Waals surface area (Å²) in [5.41, 5.74) is 2.31. The number of halogens is 2. The van der Waals surface area contributed by atoms with Crippen molar-refractivity contribution < 1.29 is 18.7 Å². The van der Waals surface area contributed by atoms with Gasteiger partial charge in [0.05, 0.1) is 11.6 Å². The van der Waals surface area contributed by atoms with E-state index in [0.717, 1.165) is 5.69 Å². The minimum absolute atomic E-state index is 0.0140. The van der Waals surface area contributed by atoms with Crippen LogP contribution in [0, 0.1) is 17.1 Å². The highest BCUT2D eigenvalue weighted by molar-refractivity contribution is 6.32. The third kappa shape index (κ3) is 6.60. The van der Waals surface area contributed by atoms with E-state index in [0.29, 0.717) is 55.4 Å². The summed E-state index contributed by atoms with van der Waals surface area (Å²) in [5.74, 6) is 0.00859. The molecule has 1 heterocycles. The molecule has 1 fully saturated rings. The summed E-state index contributed by atoms with van der Waals surface area (Å²) in [7, 11) is 0. The summed E-state index contributed by atoms with van der Waals surface area (Å²) in [6, 6.07) is 21.5. The Balaban J connectivity index is 1.49. The summed E-state index contributed by atoms with van der Waals surface area (Å²) in [6.07, 6.45) is 1.51. The summed E-state index contributed by atoms with van der Waals surface area (Å²) < 4.78 is 25.1. The Bertz CT molecular complexity index is 1320. The second kappa shape index (κ2) is 12.3. The summed E-state index contributed by atoms with van der Waals surface area (Å²) in [5, 5.41) is 10.0. The lowest BCUT2D eigenvalue weighted by molar-refractivity contribution is -0.126. The molecule has 1 aliphatic rings. The van der Waals surface area contributed by atoms with E-state index in [1.807, 2.05) is 43.3 Å². The molecule has 0 saturated carbocycles. The van der Waals surface area contributed by atoms with Crippen molar-refractivity contribution in [3.05, 3.63) is 94.3 Å². The number of benzene rings is 3. The van der Waals surface area contributed by atoms with Gasteiger partial charge in [-0.3, -0.25) is 4.79 Å². The Morgan fingerprint density at radius 2 is 1.81 bits per heavy atom. The van der Waals surface area contributed by atoms with Crippen LogP contribution in [0.15, 0.2) is 72.3 Å². The number of para-hydroxylation sites is 1. The number of amides is 1. The third-order valence-corrected chi connectivity index (χ3v) is 6.23. The first-order chi connectivity index (χ1) is 18.0. The molecular weight excluding hydrogens is 493 g/mol. The first-order valence-corrected chi connectivity index (χ1v) is 12.4. The lowest BCUT2D eigenvalue weighted by atomic mass is 10.1. The maximum Gasteiger partial charge on any atom is 0.264 e. The van der Waals surface area contributed by atoms with Crippen LogP contribution in [0.1, 0.15) is 18.1 Å². The molecule has 1 amide bonds. The number of carbonyl (C=O) groups is 1. The van der Waals surface area contributed by atoms with Crippen molar-refractivity contribution >= 4 is 29.3 Å². The molecule has 6 nitrogen and oxygen atoms in total. The van der Waals surface area contributed by atoms with E-state index in [1.54, 1.807) is 29.2 Å². The number of nitriles is 1. The van der Waals surface area contributed by atoms with E-state index >= 15 is 0 Å². The van der Waals surface area contributed by atoms with Gasteiger partial charge in [0.1, 0.15) is 24.1 Å². The highest BCUT2D eigenvalue weighted by atomic mass is 35.5. The molecule has 0 unspecified atom stereocenters. The first kappa shape index (κ1) is 26.1. The fourth-order valence-electron chi connectivity index (χ4n) is 4.14. The van der Waals surface area contributed by atoms with Crippen molar-refractivity contribution in [2.45, 2.75) is 13.5 Å². The van der Waals surface area contributed by atoms with Crippen LogP contribution in [0.5, 0.6) is 11.5 Å². The van der Waals surface area contributed by atoms with Gasteiger partial charge in [-0.15, -0.1) is 0 Å². The number of carbonyl (C=O) groups excluding carboxylic acids is 1. The summed E-state index contributed by atoms with van der Waals surface area (Å²) >= 11 is 6.50. The number of piperazine rings is 1. The van der Waals surface area contributed by atoms with E-state index in [1.165, 1.54) is 18.2 Å². The number of hydrogen-bond donors (Lipinski definition) is 0. The largest absolute Gasteiger partial charge is 0.490 e. The molecule has 1 saturated heterocycles. The molecule has 0 atom stereocenters. The van der Waals surface area contributed by atoms with Crippen LogP contribution in [0.2, 0.25) is 5.02 Å². The second-order valence-corrected chi connectivity index (χ2v) is 8.87. The lowest BCUT2D eigenvalue weighted by Gasteiger charge is -2.36. The number of ether oxygens (including phenoxy) is 2. The molecule has 190 valence electrons. The molecule has 3 aromatic carbocycles. The van der Waals surface area contributed by atoms with Gasteiger partial charge in [0.15, 0.2) is 11.5 Å². The van der Waals surface area contributed by atoms with Crippen LogP contribution in [-0.2, 0) is 11.4 Å². The molecule has 0 N–H and O–H groups in total. The van der Waals surface area contributed by atoms with E-state index in [4.69, 9.17) is 21.1 Å². The molecule has 0 bridgehead atoms. The van der Waals surface area contributed by atoms with Crippen LogP contribution in [-0.4, -0.2) is 43.6 Å². The second-order valence-electron chi connectivity index (χ2n) is 8.47. The summed E-state index contributed by atoms with van der Waals surface area (Å²) in [6.45, 7) is 4.69. The topological polar surface area (TPSA) is 65.8 Å². The molecular formula is C29H27ClFN3O3. The molecule has 8 heteroatoms. The zero-order valence-corrected chi connectivity index (χ0v) is 21.2. The van der Waals surface area contributed by atoms with Crippen LogP contribution in [0.4, 0.5) is 10.1 Å². The Morgan fingerprint density at radius 3 is 2.49 bits per heavy atom. The SMILES string of the molecule is CCOc1cc(/C=C(/C#N)C(=O)N2CCN(c3ccccc3)CC2)cc(Cl)c1OCc1cccc(F)c1. The van der Waals surface area contributed by atoms with Gasteiger partial charge >= 0.3 is 0 Å². The van der Waals surface area contributed by atoms with Gasteiger partial charge in [-0.2, -0.15) is 5.26 Å². The third-order valence-electron chi connectivity index (χ3n) is 5.95. The number of rotatable bonds is 8. The molecule has 4 rings (SSSR count). The fourth-order valence-corrected chi connectivity index (χ4v) is 4.42. The lowest BCUT2D eigenvalue weighted by Crippen LogP contribution is -2.49. The van der Waals surface area contributed by atoms with Gasteiger partial charge in [-0.25, -0.2) is 4.39 Å². The molecule has 37 heavy (non-hydrogen) atoms. The number of hydrogen-bond acceptors (Lipinski definition) is 5. The van der Waals surface area contributed by atoms with Crippen molar-refractivity contribution in [2.24, 2.45) is 0 Å². The predicted molar refractivity (Wildman–Crippen MR) is 142 cm³/mol. The molecule has 0 aromatic heterocycles. The van der Waals surface area contributed by atoms with Crippen molar-refractivity contribution in [1.82, 2.24) is 4.90 Å². The van der Waals surface area contributed by atoms with Crippen LogP contribution in [0.3, 0.4) is 0 Å². The average Bonchev–Trinajstić information content (AvgIpc) is 2.92. The van der Waals surface area contributed by atoms with E-state index in [9.17, 15) is 14.4 Å². The average molecular weight is 520 g/mol. The predicted octanol–water partition coefficient (Wildman–Crippen LogP) is 5.71. The van der Waals surface area contributed by atoms with E-state index in [2.05, 4.69) is 4.90 Å². The van der Waals surface area contributed by atoms with Crippen molar-refractivity contribution in [1.29, 1.82) is 5.26 Å². The Kier molecular flexibility index (Phi) is 8.65. The summed E-state index contributed by atoms with van der Waals surface area (Å²) in [4.78, 5) is 17.0. The highest BCUT2D eigenvalue weighted by Crippen LogP contribution is 2.38. The maximum atomic E-state index is 13.5. The zero-order chi connectivity index (χ0) is 26.2. The van der Waals surface area contributed by atoms with Crippen LogP contribution < -0.4 is 14.4 Å². The number of anilines is 1. The molecule has 0 aliphatic carbocycles. The van der Waals surface area contributed by atoms with Gasteiger partial charge in [-0.1, -0.05) is 41.9 Å². The van der Waals surface area contributed by atoms with E-state index in [-0.39, 0.29) is 28.9 Å². The highest BCUT2D eigenvalue weighted by Gasteiger charge is 2.24. The standard InChI is InChI=1S/C29H27ClFN3O3/c1-2-36-27-18-22(17-26(30)28(27)37-20-21-7-6-8-24(31)16-21)15-23(19-32)29(35)34-13-11-33(12-14-34)25-9-4-3-5-10-25/h3-10,15-18H,2,11-14,20H2,1H3/b23-15-. The minimum Gasteiger partial charge on any atom is -0.490 e. The smallest absolute Gasteiger partial charge is 0.264 e. The monoisotopic (exact) mass is 519 g/mol. The van der Waals surface area contributed by atoms with Gasteiger partial charge in [0, 0.05) is 31.9 Å².